The third kappa shape index (κ3) is 3.55. The molecule has 0 aliphatic heterocycles. The van der Waals surface area contributed by atoms with Crippen molar-refractivity contribution in [2.75, 3.05) is 6.61 Å². The van der Waals surface area contributed by atoms with Crippen LogP contribution in [0.25, 0.3) is 10.9 Å². The van der Waals surface area contributed by atoms with E-state index in [1.807, 2.05) is 31.4 Å². The Kier molecular flexibility index (Phi) is 6.05. The minimum absolute atomic E-state index is 0.0290. The summed E-state index contributed by atoms with van der Waals surface area (Å²) in [6.45, 7) is 9.28. The highest BCUT2D eigenvalue weighted by atomic mass is 35.5. The zero-order chi connectivity index (χ0) is 23.1. The van der Waals surface area contributed by atoms with Gasteiger partial charge < -0.3 is 19.5 Å². The van der Waals surface area contributed by atoms with Gasteiger partial charge in [-0.3, -0.25) is 4.79 Å². The fourth-order valence-electron chi connectivity index (χ4n) is 4.29. The summed E-state index contributed by atoms with van der Waals surface area (Å²) in [4.78, 5) is 25.7. The molecule has 6 nitrogen and oxygen atoms in total. The average molecular weight is 444 g/mol. The minimum atomic E-state index is -1.63. The molecule has 164 valence electrons. The molecule has 0 fully saturated rings. The molecular weight excluding hydrogens is 418 g/mol. The number of nitrogens with zero attached hydrogens (tertiary/aromatic N) is 1. The molecule has 3 aromatic rings. The highest BCUT2D eigenvalue weighted by Gasteiger charge is 2.42. The largest absolute Gasteiger partial charge is 0.508 e. The second-order valence-electron chi connectivity index (χ2n) is 7.94. The summed E-state index contributed by atoms with van der Waals surface area (Å²) in [5.41, 5.74) is 0.772. The van der Waals surface area contributed by atoms with Gasteiger partial charge in [0.2, 0.25) is 0 Å². The number of hydrogen-bond donors (Lipinski definition) is 2. The standard InChI is InChI=1S/C24H26ClNO5/c1-6-31-22(28)20-14(4)26(13(2)3)19-9-7-8-16(21(19)20)24(5,23(29)30)17-12-15(27)10-11-18(17)25/h7-13,27H,6H2,1-5H3,(H,29,30). The first-order valence-corrected chi connectivity index (χ1v) is 10.5. The van der Waals surface area contributed by atoms with Gasteiger partial charge in [-0.1, -0.05) is 23.7 Å². The molecule has 0 saturated heterocycles. The zero-order valence-electron chi connectivity index (χ0n) is 18.2. The number of phenolic OH excluding ortho intramolecular Hbond substituents is 1. The molecule has 0 spiro atoms. The number of fused-ring (bicyclic) bond motifs is 1. The highest BCUT2D eigenvalue weighted by molar-refractivity contribution is 6.32. The highest BCUT2D eigenvalue weighted by Crippen LogP contribution is 2.44. The lowest BCUT2D eigenvalue weighted by Crippen LogP contribution is -2.34. The monoisotopic (exact) mass is 443 g/mol. The van der Waals surface area contributed by atoms with E-state index in [-0.39, 0.29) is 29.0 Å². The summed E-state index contributed by atoms with van der Waals surface area (Å²) in [5.74, 6) is -1.76. The summed E-state index contributed by atoms with van der Waals surface area (Å²) < 4.78 is 7.32. The van der Waals surface area contributed by atoms with Gasteiger partial charge in [0.25, 0.3) is 0 Å². The Balaban J connectivity index is 2.51. The molecule has 0 bridgehead atoms. The normalized spacial score (nSPS) is 13.4. The number of rotatable bonds is 6. The van der Waals surface area contributed by atoms with E-state index in [0.717, 1.165) is 5.52 Å². The van der Waals surface area contributed by atoms with Crippen LogP contribution in [0.3, 0.4) is 0 Å². The van der Waals surface area contributed by atoms with Crippen molar-refractivity contribution in [1.82, 2.24) is 4.57 Å². The van der Waals surface area contributed by atoms with Crippen LogP contribution in [-0.4, -0.2) is 33.3 Å². The maximum atomic E-state index is 13.0. The van der Waals surface area contributed by atoms with Gasteiger partial charge in [0.1, 0.15) is 11.2 Å². The van der Waals surface area contributed by atoms with Crippen LogP contribution in [0.2, 0.25) is 5.02 Å². The first-order chi connectivity index (χ1) is 14.5. The molecule has 1 aromatic heterocycles. The Labute approximate surface area is 186 Å². The molecule has 0 radical (unpaired) electrons. The predicted octanol–water partition coefficient (Wildman–Crippen LogP) is 5.46. The summed E-state index contributed by atoms with van der Waals surface area (Å²) in [6.07, 6.45) is 0. The fourth-order valence-corrected chi connectivity index (χ4v) is 4.60. The van der Waals surface area contributed by atoms with Crippen molar-refractivity contribution < 1.29 is 24.5 Å². The quantitative estimate of drug-likeness (QED) is 0.494. The first-order valence-electron chi connectivity index (χ1n) is 10.1. The molecule has 2 aromatic carbocycles. The molecule has 1 atom stereocenters. The number of carbonyl (C=O) groups is 2. The van der Waals surface area contributed by atoms with Crippen molar-refractivity contribution in [2.24, 2.45) is 0 Å². The molecule has 7 heteroatoms. The van der Waals surface area contributed by atoms with Crippen LogP contribution in [0.15, 0.2) is 36.4 Å². The van der Waals surface area contributed by atoms with E-state index in [4.69, 9.17) is 16.3 Å². The number of phenols is 1. The maximum Gasteiger partial charge on any atom is 0.340 e. The van der Waals surface area contributed by atoms with E-state index in [1.54, 1.807) is 19.1 Å². The van der Waals surface area contributed by atoms with Gasteiger partial charge in [-0.05, 0) is 70.0 Å². The molecule has 0 saturated carbocycles. The molecular formula is C24H26ClNO5. The lowest BCUT2D eigenvalue weighted by molar-refractivity contribution is -0.141. The van der Waals surface area contributed by atoms with Gasteiger partial charge in [-0.2, -0.15) is 0 Å². The Morgan fingerprint density at radius 3 is 2.45 bits per heavy atom. The molecule has 3 rings (SSSR count). The van der Waals surface area contributed by atoms with Gasteiger partial charge in [-0.25, -0.2) is 4.79 Å². The van der Waals surface area contributed by atoms with Crippen molar-refractivity contribution in [3.63, 3.8) is 0 Å². The summed E-state index contributed by atoms with van der Waals surface area (Å²) in [5, 5.41) is 21.1. The molecule has 0 aliphatic rings. The lowest BCUT2D eigenvalue weighted by Gasteiger charge is -2.28. The number of halogens is 1. The second-order valence-corrected chi connectivity index (χ2v) is 8.35. The number of aromatic hydroxyl groups is 1. The summed E-state index contributed by atoms with van der Waals surface area (Å²) >= 11 is 6.39. The van der Waals surface area contributed by atoms with E-state index in [9.17, 15) is 19.8 Å². The first kappa shape index (κ1) is 22.7. The van der Waals surface area contributed by atoms with Crippen LogP contribution in [0, 0.1) is 6.92 Å². The van der Waals surface area contributed by atoms with E-state index in [0.29, 0.717) is 22.2 Å². The Morgan fingerprint density at radius 2 is 1.87 bits per heavy atom. The van der Waals surface area contributed by atoms with Crippen LogP contribution in [-0.2, 0) is 14.9 Å². The van der Waals surface area contributed by atoms with Gasteiger partial charge in [0.15, 0.2) is 0 Å². The number of carboxylic acid groups (broad SMARTS) is 1. The van der Waals surface area contributed by atoms with Crippen LogP contribution in [0.5, 0.6) is 5.75 Å². The van der Waals surface area contributed by atoms with Gasteiger partial charge in [0.05, 0.1) is 12.2 Å². The van der Waals surface area contributed by atoms with Crippen molar-refractivity contribution in [1.29, 1.82) is 0 Å². The van der Waals surface area contributed by atoms with E-state index < -0.39 is 17.4 Å². The Morgan fingerprint density at radius 1 is 1.19 bits per heavy atom. The van der Waals surface area contributed by atoms with Crippen molar-refractivity contribution >= 4 is 34.4 Å². The topological polar surface area (TPSA) is 88.8 Å². The van der Waals surface area contributed by atoms with Gasteiger partial charge in [0, 0.05) is 27.7 Å². The number of hydrogen-bond acceptors (Lipinski definition) is 4. The number of ether oxygens (including phenoxy) is 1. The van der Waals surface area contributed by atoms with Crippen molar-refractivity contribution in [2.45, 2.75) is 46.1 Å². The van der Waals surface area contributed by atoms with Crippen molar-refractivity contribution in [3.8, 4) is 5.75 Å². The third-order valence-electron chi connectivity index (χ3n) is 5.73. The van der Waals surface area contributed by atoms with Gasteiger partial charge in [-0.15, -0.1) is 0 Å². The Hall–Kier alpha value is -2.99. The molecule has 31 heavy (non-hydrogen) atoms. The van der Waals surface area contributed by atoms with Crippen LogP contribution in [0.1, 0.15) is 60.9 Å². The summed E-state index contributed by atoms with van der Waals surface area (Å²) in [7, 11) is 0. The van der Waals surface area contributed by atoms with Crippen LogP contribution in [0.4, 0.5) is 0 Å². The average Bonchev–Trinajstić information content (AvgIpc) is 3.01. The minimum Gasteiger partial charge on any atom is -0.508 e. The summed E-state index contributed by atoms with van der Waals surface area (Å²) in [6, 6.07) is 9.56. The van der Waals surface area contributed by atoms with Gasteiger partial charge >= 0.3 is 11.9 Å². The lowest BCUT2D eigenvalue weighted by atomic mass is 9.74. The van der Waals surface area contributed by atoms with Crippen molar-refractivity contribution in [3.05, 3.63) is 63.8 Å². The van der Waals surface area contributed by atoms with Crippen LogP contribution >= 0.6 is 11.6 Å². The molecule has 0 aliphatic carbocycles. The maximum absolute atomic E-state index is 13.0. The fraction of sp³-hybridized carbons (Fsp3) is 0.333. The molecule has 2 N–H and O–H groups in total. The second kappa shape index (κ2) is 8.27. The SMILES string of the molecule is CCOC(=O)c1c(C)n(C(C)C)c2cccc(C(C)(C(=O)O)c3cc(O)ccc3Cl)c12. The number of aliphatic carboxylic acids is 1. The van der Waals surface area contributed by atoms with E-state index in [1.165, 1.54) is 25.1 Å². The zero-order valence-corrected chi connectivity index (χ0v) is 18.9. The van der Waals surface area contributed by atoms with Crippen LogP contribution < -0.4 is 0 Å². The molecule has 1 unspecified atom stereocenters. The van der Waals surface area contributed by atoms with E-state index >= 15 is 0 Å². The Bertz CT molecular complexity index is 1180. The predicted molar refractivity (Wildman–Crippen MR) is 120 cm³/mol. The smallest absolute Gasteiger partial charge is 0.340 e. The van der Waals surface area contributed by atoms with E-state index in [2.05, 4.69) is 0 Å². The number of benzene rings is 2. The number of esters is 1. The molecule has 1 heterocycles. The third-order valence-corrected chi connectivity index (χ3v) is 6.06. The number of carbonyl (C=O) groups excluding carboxylic acids is 1. The number of aromatic nitrogens is 1. The molecule has 0 amide bonds. The number of carboxylic acids is 1.